The minimum Gasteiger partial charge on any atom is -0.478 e. The summed E-state index contributed by atoms with van der Waals surface area (Å²) in [7, 11) is 0. The van der Waals surface area contributed by atoms with Gasteiger partial charge < -0.3 is 15.3 Å². The van der Waals surface area contributed by atoms with Crippen molar-refractivity contribution in [2.75, 3.05) is 24.5 Å². The molecule has 0 saturated carbocycles. The predicted octanol–water partition coefficient (Wildman–Crippen LogP) is 1.40. The van der Waals surface area contributed by atoms with Crippen molar-refractivity contribution in [2.45, 2.75) is 13.8 Å². The summed E-state index contributed by atoms with van der Waals surface area (Å²) in [5.74, 6) is -0.851. The quantitative estimate of drug-likeness (QED) is 0.825. The molecule has 1 aromatic rings. The van der Waals surface area contributed by atoms with Crippen molar-refractivity contribution in [2.24, 2.45) is 0 Å². The van der Waals surface area contributed by atoms with Crippen molar-refractivity contribution in [3.05, 3.63) is 22.8 Å². The highest BCUT2D eigenvalue weighted by Crippen LogP contribution is 2.20. The van der Waals surface area contributed by atoms with Crippen LogP contribution >= 0.6 is 11.6 Å². The van der Waals surface area contributed by atoms with Crippen LogP contribution in [0.25, 0.3) is 0 Å². The third-order valence-electron chi connectivity index (χ3n) is 2.49. The van der Waals surface area contributed by atoms with E-state index in [2.05, 4.69) is 10.3 Å². The molecule has 1 rings (SSSR count). The first kappa shape index (κ1) is 15.2. The molecule has 1 amide bonds. The molecule has 7 heteroatoms. The maximum atomic E-state index is 11.5. The van der Waals surface area contributed by atoms with Gasteiger partial charge in [0.2, 0.25) is 5.91 Å². The summed E-state index contributed by atoms with van der Waals surface area (Å²) >= 11 is 5.75. The molecule has 0 bridgehead atoms. The Labute approximate surface area is 116 Å². The maximum absolute atomic E-state index is 11.5. The highest BCUT2D eigenvalue weighted by molar-refractivity contribution is 6.33. The van der Waals surface area contributed by atoms with Gasteiger partial charge in [-0.25, -0.2) is 9.78 Å². The fourth-order valence-corrected chi connectivity index (χ4v) is 1.73. The molecule has 0 aliphatic carbocycles. The molecule has 0 aliphatic heterocycles. The van der Waals surface area contributed by atoms with Gasteiger partial charge in [0.05, 0.1) is 17.1 Å². The summed E-state index contributed by atoms with van der Waals surface area (Å²) in [4.78, 5) is 28.3. The van der Waals surface area contributed by atoms with Crippen LogP contribution in [0.15, 0.2) is 12.3 Å². The molecule has 0 unspecified atom stereocenters. The van der Waals surface area contributed by atoms with Gasteiger partial charge in [0.25, 0.3) is 0 Å². The van der Waals surface area contributed by atoms with E-state index < -0.39 is 5.97 Å². The first-order chi connectivity index (χ1) is 8.99. The number of anilines is 1. The van der Waals surface area contributed by atoms with Gasteiger partial charge in [-0.3, -0.25) is 4.79 Å². The van der Waals surface area contributed by atoms with Crippen molar-refractivity contribution in [1.29, 1.82) is 0 Å². The van der Waals surface area contributed by atoms with Crippen LogP contribution in [0.1, 0.15) is 24.2 Å². The summed E-state index contributed by atoms with van der Waals surface area (Å²) < 4.78 is 0. The zero-order valence-corrected chi connectivity index (χ0v) is 11.6. The first-order valence-electron chi connectivity index (χ1n) is 5.90. The predicted molar refractivity (Wildman–Crippen MR) is 72.8 cm³/mol. The number of nitrogens with zero attached hydrogens (tertiary/aromatic N) is 2. The van der Waals surface area contributed by atoms with Crippen molar-refractivity contribution in [1.82, 2.24) is 10.3 Å². The number of hydrogen-bond acceptors (Lipinski definition) is 4. The largest absolute Gasteiger partial charge is 0.478 e. The fraction of sp³-hybridized carbons (Fsp3) is 0.417. The Hall–Kier alpha value is -1.82. The van der Waals surface area contributed by atoms with Gasteiger partial charge in [0.15, 0.2) is 0 Å². The minimum atomic E-state index is -1.12. The van der Waals surface area contributed by atoms with E-state index in [-0.39, 0.29) is 23.0 Å². The number of carboxylic acid groups (broad SMARTS) is 1. The topological polar surface area (TPSA) is 82.5 Å². The standard InChI is InChI=1S/C12H16ClN3O3/c1-3-14-11(17)7-16(4-2)10-5-8(12(18)19)9(13)6-15-10/h5-6H,3-4,7H2,1-2H3,(H,14,17)(H,18,19). The van der Waals surface area contributed by atoms with Gasteiger partial charge in [0.1, 0.15) is 5.82 Å². The van der Waals surface area contributed by atoms with Gasteiger partial charge in [-0.15, -0.1) is 0 Å². The van der Waals surface area contributed by atoms with E-state index in [1.54, 1.807) is 4.90 Å². The molecule has 1 aromatic heterocycles. The highest BCUT2D eigenvalue weighted by Gasteiger charge is 2.15. The number of nitrogens with one attached hydrogen (secondary N) is 1. The third-order valence-corrected chi connectivity index (χ3v) is 2.79. The third kappa shape index (κ3) is 4.10. The number of likely N-dealkylation sites (N-methyl/N-ethyl adjacent to an activating group) is 2. The van der Waals surface area contributed by atoms with Crippen molar-refractivity contribution in [3.8, 4) is 0 Å². The highest BCUT2D eigenvalue weighted by atomic mass is 35.5. The number of carboxylic acids is 1. The molecule has 6 nitrogen and oxygen atoms in total. The minimum absolute atomic E-state index is 0.0268. The molecule has 0 fully saturated rings. The van der Waals surface area contributed by atoms with E-state index in [9.17, 15) is 9.59 Å². The monoisotopic (exact) mass is 285 g/mol. The Morgan fingerprint density at radius 1 is 1.47 bits per heavy atom. The summed E-state index contributed by atoms with van der Waals surface area (Å²) in [6, 6.07) is 1.37. The lowest BCUT2D eigenvalue weighted by molar-refractivity contribution is -0.119. The van der Waals surface area contributed by atoms with Crippen LogP contribution in [0.2, 0.25) is 5.02 Å². The molecule has 1 heterocycles. The van der Waals surface area contributed by atoms with E-state index in [4.69, 9.17) is 16.7 Å². The number of aromatic carboxylic acids is 1. The molecular formula is C12H16ClN3O3. The van der Waals surface area contributed by atoms with Gasteiger partial charge >= 0.3 is 5.97 Å². The van der Waals surface area contributed by atoms with Gasteiger partial charge in [-0.2, -0.15) is 0 Å². The van der Waals surface area contributed by atoms with Gasteiger partial charge in [-0.1, -0.05) is 11.6 Å². The average Bonchev–Trinajstić information content (AvgIpc) is 2.36. The smallest absolute Gasteiger partial charge is 0.337 e. The van der Waals surface area contributed by atoms with Crippen LogP contribution in [0, 0.1) is 0 Å². The second kappa shape index (κ2) is 6.94. The summed E-state index contributed by atoms with van der Waals surface area (Å²) in [5, 5.41) is 11.8. The van der Waals surface area contributed by atoms with Gasteiger partial charge in [0, 0.05) is 19.3 Å². The summed E-state index contributed by atoms with van der Waals surface area (Å²) in [5.41, 5.74) is -0.0268. The summed E-state index contributed by atoms with van der Waals surface area (Å²) in [6.45, 7) is 4.89. The number of carbonyl (C=O) groups excluding carboxylic acids is 1. The number of halogens is 1. The van der Waals surface area contributed by atoms with Crippen molar-refractivity contribution >= 4 is 29.3 Å². The lowest BCUT2D eigenvalue weighted by Gasteiger charge is -2.21. The number of pyridine rings is 1. The molecule has 0 radical (unpaired) electrons. The van der Waals surface area contributed by atoms with Crippen LogP contribution in [0.5, 0.6) is 0 Å². The Morgan fingerprint density at radius 3 is 2.68 bits per heavy atom. The molecule has 0 aliphatic rings. The van der Waals surface area contributed by atoms with E-state index in [1.807, 2.05) is 13.8 Å². The Kier molecular flexibility index (Phi) is 5.57. The molecule has 19 heavy (non-hydrogen) atoms. The van der Waals surface area contributed by atoms with E-state index in [1.165, 1.54) is 12.3 Å². The molecule has 104 valence electrons. The maximum Gasteiger partial charge on any atom is 0.337 e. The number of hydrogen-bond donors (Lipinski definition) is 2. The normalized spacial score (nSPS) is 10.1. The van der Waals surface area contributed by atoms with E-state index >= 15 is 0 Å². The van der Waals surface area contributed by atoms with E-state index in [0.717, 1.165) is 0 Å². The Balaban J connectivity index is 2.95. The molecule has 2 N–H and O–H groups in total. The zero-order valence-electron chi connectivity index (χ0n) is 10.8. The zero-order chi connectivity index (χ0) is 14.4. The molecule has 0 saturated heterocycles. The van der Waals surface area contributed by atoms with Crippen molar-refractivity contribution in [3.63, 3.8) is 0 Å². The first-order valence-corrected chi connectivity index (χ1v) is 6.27. The molecule has 0 atom stereocenters. The van der Waals surface area contributed by atoms with Crippen LogP contribution in [-0.4, -0.2) is 41.6 Å². The second-order valence-corrected chi connectivity index (χ2v) is 4.20. The van der Waals surface area contributed by atoms with E-state index in [0.29, 0.717) is 18.9 Å². The van der Waals surface area contributed by atoms with Crippen LogP contribution in [0.3, 0.4) is 0 Å². The SMILES string of the molecule is CCNC(=O)CN(CC)c1cc(C(=O)O)c(Cl)cn1. The summed E-state index contributed by atoms with van der Waals surface area (Å²) in [6.07, 6.45) is 1.28. The van der Waals surface area contributed by atoms with Gasteiger partial charge in [-0.05, 0) is 19.9 Å². The fourth-order valence-electron chi connectivity index (χ4n) is 1.55. The lowest BCUT2D eigenvalue weighted by atomic mass is 10.2. The Morgan fingerprint density at radius 2 is 2.16 bits per heavy atom. The Bertz CT molecular complexity index is 479. The number of carbonyl (C=O) groups is 2. The lowest BCUT2D eigenvalue weighted by Crippen LogP contribution is -2.37. The average molecular weight is 286 g/mol. The number of amides is 1. The number of rotatable bonds is 6. The van der Waals surface area contributed by atoms with Crippen LogP contribution < -0.4 is 10.2 Å². The van der Waals surface area contributed by atoms with Crippen LogP contribution in [0.4, 0.5) is 5.82 Å². The molecule has 0 spiro atoms. The number of aromatic nitrogens is 1. The molecular weight excluding hydrogens is 270 g/mol. The van der Waals surface area contributed by atoms with Crippen molar-refractivity contribution < 1.29 is 14.7 Å². The van der Waals surface area contributed by atoms with Crippen LogP contribution in [-0.2, 0) is 4.79 Å². The second-order valence-electron chi connectivity index (χ2n) is 3.80. The molecule has 0 aromatic carbocycles.